The summed E-state index contributed by atoms with van der Waals surface area (Å²) >= 11 is 3.23. The van der Waals surface area contributed by atoms with E-state index in [4.69, 9.17) is 11.2 Å². The summed E-state index contributed by atoms with van der Waals surface area (Å²) in [6, 6.07) is 12.4. The Morgan fingerprint density at radius 3 is 2.80 bits per heavy atom. The second-order valence-corrected chi connectivity index (χ2v) is 4.99. The standard InChI is InChI=1S/C16H13BrFNO/c1-2-9-20-16-6-4-3-5-12(16)11-19-15-8-7-13(17)10-14(15)18/h1,3-8,10,19H,9,11H2. The Labute approximate surface area is 126 Å². The van der Waals surface area contributed by atoms with E-state index < -0.39 is 0 Å². The van der Waals surface area contributed by atoms with Gasteiger partial charge in [0.15, 0.2) is 0 Å². The average Bonchev–Trinajstić information content (AvgIpc) is 2.45. The molecule has 4 heteroatoms. The van der Waals surface area contributed by atoms with E-state index in [1.165, 1.54) is 6.07 Å². The third-order valence-corrected chi connectivity index (χ3v) is 3.18. The molecular weight excluding hydrogens is 321 g/mol. The number of ether oxygens (including phenoxy) is 1. The maximum atomic E-state index is 13.7. The monoisotopic (exact) mass is 333 g/mol. The first kappa shape index (κ1) is 14.4. The minimum atomic E-state index is -0.304. The number of halogens is 2. The van der Waals surface area contributed by atoms with Gasteiger partial charge in [-0.3, -0.25) is 0 Å². The quantitative estimate of drug-likeness (QED) is 0.827. The molecule has 0 radical (unpaired) electrons. The number of anilines is 1. The molecule has 0 atom stereocenters. The first-order valence-electron chi connectivity index (χ1n) is 6.04. The van der Waals surface area contributed by atoms with Gasteiger partial charge >= 0.3 is 0 Å². The average molecular weight is 334 g/mol. The Hall–Kier alpha value is -1.99. The SMILES string of the molecule is C#CCOc1ccccc1CNc1ccc(Br)cc1F. The van der Waals surface area contributed by atoms with Crippen LogP contribution in [0.5, 0.6) is 5.75 Å². The molecule has 0 heterocycles. The second kappa shape index (κ2) is 6.97. The number of nitrogens with one attached hydrogen (secondary N) is 1. The molecule has 0 fully saturated rings. The van der Waals surface area contributed by atoms with Gasteiger partial charge in [0.2, 0.25) is 0 Å². The highest BCUT2D eigenvalue weighted by Crippen LogP contribution is 2.22. The van der Waals surface area contributed by atoms with E-state index in [0.717, 1.165) is 5.56 Å². The van der Waals surface area contributed by atoms with Crippen LogP contribution in [0, 0.1) is 18.2 Å². The lowest BCUT2D eigenvalue weighted by molar-refractivity contribution is 0.366. The van der Waals surface area contributed by atoms with E-state index in [0.29, 0.717) is 22.5 Å². The lowest BCUT2D eigenvalue weighted by atomic mass is 10.2. The fourth-order valence-corrected chi connectivity index (χ4v) is 2.07. The van der Waals surface area contributed by atoms with E-state index >= 15 is 0 Å². The normalized spacial score (nSPS) is 9.85. The summed E-state index contributed by atoms with van der Waals surface area (Å²) < 4.78 is 19.9. The van der Waals surface area contributed by atoms with Gasteiger partial charge in [0, 0.05) is 16.6 Å². The maximum Gasteiger partial charge on any atom is 0.148 e. The summed E-state index contributed by atoms with van der Waals surface area (Å²) in [5, 5.41) is 3.05. The molecule has 0 bridgehead atoms. The molecule has 0 unspecified atom stereocenters. The number of benzene rings is 2. The fraction of sp³-hybridized carbons (Fsp3) is 0.125. The van der Waals surface area contributed by atoms with Crippen molar-refractivity contribution < 1.29 is 9.13 Å². The third kappa shape index (κ3) is 3.75. The number of para-hydroxylation sites is 1. The minimum Gasteiger partial charge on any atom is -0.481 e. The zero-order chi connectivity index (χ0) is 14.4. The van der Waals surface area contributed by atoms with Gasteiger partial charge in [-0.15, -0.1) is 6.42 Å². The first-order valence-corrected chi connectivity index (χ1v) is 6.83. The van der Waals surface area contributed by atoms with Crippen molar-refractivity contribution in [2.45, 2.75) is 6.54 Å². The molecule has 1 N–H and O–H groups in total. The van der Waals surface area contributed by atoms with Crippen molar-refractivity contribution in [3.05, 3.63) is 58.3 Å². The number of terminal acetylenes is 1. The zero-order valence-corrected chi connectivity index (χ0v) is 12.3. The molecule has 2 aromatic carbocycles. The molecule has 20 heavy (non-hydrogen) atoms. The largest absolute Gasteiger partial charge is 0.481 e. The lowest BCUT2D eigenvalue weighted by Crippen LogP contribution is -2.04. The van der Waals surface area contributed by atoms with E-state index in [1.54, 1.807) is 12.1 Å². The minimum absolute atomic E-state index is 0.212. The molecule has 0 spiro atoms. The van der Waals surface area contributed by atoms with Gasteiger partial charge in [-0.1, -0.05) is 40.0 Å². The van der Waals surface area contributed by atoms with Crippen LogP contribution >= 0.6 is 15.9 Å². The first-order chi connectivity index (χ1) is 9.70. The zero-order valence-electron chi connectivity index (χ0n) is 10.7. The van der Waals surface area contributed by atoms with Gasteiger partial charge in [-0.2, -0.15) is 0 Å². The van der Waals surface area contributed by atoms with Gasteiger partial charge in [0.05, 0.1) is 5.69 Å². The molecule has 0 aliphatic carbocycles. The summed E-state index contributed by atoms with van der Waals surface area (Å²) in [5.74, 6) is 2.82. The number of hydrogen-bond donors (Lipinski definition) is 1. The van der Waals surface area contributed by atoms with Crippen LogP contribution in [0.25, 0.3) is 0 Å². The Morgan fingerprint density at radius 1 is 1.25 bits per heavy atom. The van der Waals surface area contributed by atoms with Crippen LogP contribution in [0.2, 0.25) is 0 Å². The van der Waals surface area contributed by atoms with Crippen molar-refractivity contribution in [2.24, 2.45) is 0 Å². The molecule has 0 aromatic heterocycles. The van der Waals surface area contributed by atoms with Crippen LogP contribution in [-0.4, -0.2) is 6.61 Å². The van der Waals surface area contributed by atoms with Crippen LogP contribution in [0.1, 0.15) is 5.56 Å². The molecule has 2 rings (SSSR count). The Balaban J connectivity index is 2.09. The van der Waals surface area contributed by atoms with Gasteiger partial charge in [-0.05, 0) is 24.3 Å². The predicted octanol–water partition coefficient (Wildman–Crippen LogP) is 4.21. The van der Waals surface area contributed by atoms with Crippen LogP contribution in [0.4, 0.5) is 10.1 Å². The highest BCUT2D eigenvalue weighted by Gasteiger charge is 2.05. The summed E-state index contributed by atoms with van der Waals surface area (Å²) in [4.78, 5) is 0. The van der Waals surface area contributed by atoms with E-state index in [2.05, 4.69) is 27.2 Å². The number of rotatable bonds is 5. The van der Waals surface area contributed by atoms with Crippen LogP contribution in [-0.2, 0) is 6.54 Å². The van der Waals surface area contributed by atoms with E-state index in [9.17, 15) is 4.39 Å². The summed E-state index contributed by atoms with van der Waals surface area (Å²) in [6.07, 6.45) is 5.18. The molecular formula is C16H13BrFNO. The van der Waals surface area contributed by atoms with Crippen molar-refractivity contribution >= 4 is 21.6 Å². The molecule has 0 saturated heterocycles. The van der Waals surface area contributed by atoms with Crippen LogP contribution < -0.4 is 10.1 Å². The number of hydrogen-bond acceptors (Lipinski definition) is 2. The van der Waals surface area contributed by atoms with E-state index in [1.807, 2.05) is 24.3 Å². The summed E-state index contributed by atoms with van der Waals surface area (Å²) in [6.45, 7) is 0.670. The lowest BCUT2D eigenvalue weighted by Gasteiger charge is -2.12. The smallest absolute Gasteiger partial charge is 0.148 e. The molecule has 2 aromatic rings. The highest BCUT2D eigenvalue weighted by molar-refractivity contribution is 9.10. The molecule has 0 saturated carbocycles. The Bertz CT molecular complexity index is 637. The molecule has 0 aliphatic heterocycles. The Kier molecular flexibility index (Phi) is 5.03. The van der Waals surface area contributed by atoms with Crippen LogP contribution in [0.3, 0.4) is 0 Å². The molecule has 102 valence electrons. The van der Waals surface area contributed by atoms with Crippen molar-refractivity contribution in [1.82, 2.24) is 0 Å². The van der Waals surface area contributed by atoms with Crippen molar-refractivity contribution in [1.29, 1.82) is 0 Å². The van der Waals surface area contributed by atoms with Crippen molar-refractivity contribution in [2.75, 3.05) is 11.9 Å². The topological polar surface area (TPSA) is 21.3 Å². The van der Waals surface area contributed by atoms with E-state index in [-0.39, 0.29) is 12.4 Å². The molecule has 0 amide bonds. The third-order valence-electron chi connectivity index (χ3n) is 2.68. The summed E-state index contributed by atoms with van der Waals surface area (Å²) in [7, 11) is 0. The molecule has 0 aliphatic rings. The van der Waals surface area contributed by atoms with Gasteiger partial charge in [0.25, 0.3) is 0 Å². The fourth-order valence-electron chi connectivity index (χ4n) is 1.73. The summed E-state index contributed by atoms with van der Waals surface area (Å²) in [5.41, 5.74) is 1.37. The van der Waals surface area contributed by atoms with Gasteiger partial charge in [0.1, 0.15) is 18.2 Å². The maximum absolute atomic E-state index is 13.7. The van der Waals surface area contributed by atoms with Crippen LogP contribution in [0.15, 0.2) is 46.9 Å². The van der Waals surface area contributed by atoms with Crippen molar-refractivity contribution in [3.63, 3.8) is 0 Å². The van der Waals surface area contributed by atoms with Crippen molar-refractivity contribution in [3.8, 4) is 18.1 Å². The Morgan fingerprint density at radius 2 is 2.05 bits per heavy atom. The predicted molar refractivity (Wildman–Crippen MR) is 82.2 cm³/mol. The highest BCUT2D eigenvalue weighted by atomic mass is 79.9. The second-order valence-electron chi connectivity index (χ2n) is 4.08. The van der Waals surface area contributed by atoms with Gasteiger partial charge in [-0.25, -0.2) is 4.39 Å². The van der Waals surface area contributed by atoms with Gasteiger partial charge < -0.3 is 10.1 Å². The molecule has 2 nitrogen and oxygen atoms in total.